The van der Waals surface area contributed by atoms with Crippen LogP contribution in [0.3, 0.4) is 0 Å². The Hall–Kier alpha value is -2.25. The molecule has 0 amide bonds. The summed E-state index contributed by atoms with van der Waals surface area (Å²) in [5, 5.41) is 18.0. The van der Waals surface area contributed by atoms with Gasteiger partial charge >= 0.3 is 5.56 Å². The predicted molar refractivity (Wildman–Crippen MR) is 41.7 cm³/mol. The Labute approximate surface area is 70.0 Å². The number of hydrogen-bond acceptors (Lipinski definition) is 6. The lowest BCUT2D eigenvalue weighted by molar-refractivity contribution is 0.0116. The Morgan fingerprint density at radius 3 is 2.46 bits per heavy atom. The molecule has 8 nitrogen and oxygen atoms in total. The maximum Gasteiger partial charge on any atom is 0.350 e. The maximum absolute atomic E-state index is 11.0. The minimum Gasteiger partial charge on any atom is -0.426 e. The largest absolute Gasteiger partial charge is 0.426 e. The number of anilines is 2. The summed E-state index contributed by atoms with van der Waals surface area (Å²) in [7, 11) is 0. The highest BCUT2D eigenvalue weighted by Crippen LogP contribution is 2.26. The second-order valence-electron chi connectivity index (χ2n) is 2.46. The molecule has 13 heavy (non-hydrogen) atoms. The van der Waals surface area contributed by atoms with Crippen molar-refractivity contribution >= 4 is 22.6 Å². The molecule has 0 aliphatic rings. The highest BCUT2D eigenvalue weighted by molar-refractivity contribution is 5.93. The quantitative estimate of drug-likeness (QED) is 0.391. The van der Waals surface area contributed by atoms with Gasteiger partial charge in [0.15, 0.2) is 5.82 Å². The standard InChI is InChI=1S/C5H6N4O4/c6-1-3-2(8(11)4(1)7)5(10)9(12)13-3/h11-12H,6-7H2. The lowest BCUT2D eigenvalue weighted by Crippen LogP contribution is -2.14. The van der Waals surface area contributed by atoms with Crippen molar-refractivity contribution in [3.05, 3.63) is 10.4 Å². The van der Waals surface area contributed by atoms with Crippen LogP contribution in [-0.4, -0.2) is 20.0 Å². The average Bonchev–Trinajstić information content (AvgIpc) is 2.48. The van der Waals surface area contributed by atoms with Crippen molar-refractivity contribution in [3.63, 3.8) is 0 Å². The van der Waals surface area contributed by atoms with Crippen molar-refractivity contribution in [2.24, 2.45) is 0 Å². The van der Waals surface area contributed by atoms with Gasteiger partial charge in [0.05, 0.1) is 0 Å². The summed E-state index contributed by atoms with van der Waals surface area (Å²) in [6, 6.07) is 0. The fraction of sp³-hybridized carbons (Fsp3) is 0. The Kier molecular flexibility index (Phi) is 1.09. The minimum absolute atomic E-state index is 0.0345. The van der Waals surface area contributed by atoms with Crippen LogP contribution < -0.4 is 17.0 Å². The van der Waals surface area contributed by atoms with E-state index < -0.39 is 5.56 Å². The van der Waals surface area contributed by atoms with Crippen LogP contribution in [0.2, 0.25) is 0 Å². The second kappa shape index (κ2) is 1.91. The number of nitrogens with two attached hydrogens (primary N) is 2. The Morgan fingerprint density at radius 2 is 1.92 bits per heavy atom. The van der Waals surface area contributed by atoms with E-state index in [1.165, 1.54) is 0 Å². The number of nitrogens with zero attached hydrogens (tertiary/aromatic N) is 2. The third-order valence-electron chi connectivity index (χ3n) is 1.73. The molecule has 0 atom stereocenters. The van der Waals surface area contributed by atoms with Crippen LogP contribution in [0.4, 0.5) is 11.5 Å². The van der Waals surface area contributed by atoms with Gasteiger partial charge in [-0.15, -0.1) is 0 Å². The Balaban J connectivity index is 3.10. The molecule has 0 aliphatic carbocycles. The highest BCUT2D eigenvalue weighted by atomic mass is 16.7. The Morgan fingerprint density at radius 1 is 1.31 bits per heavy atom. The number of fused-ring (bicyclic) bond motifs is 1. The zero-order valence-electron chi connectivity index (χ0n) is 6.26. The normalized spacial score (nSPS) is 11.1. The van der Waals surface area contributed by atoms with E-state index >= 15 is 0 Å². The van der Waals surface area contributed by atoms with Gasteiger partial charge in [-0.2, -0.15) is 4.73 Å². The maximum atomic E-state index is 11.0. The first-order valence-corrected chi connectivity index (χ1v) is 3.24. The molecule has 2 rings (SSSR count). The summed E-state index contributed by atoms with van der Waals surface area (Å²) in [6.07, 6.45) is 0. The highest BCUT2D eigenvalue weighted by Gasteiger charge is 2.21. The summed E-state index contributed by atoms with van der Waals surface area (Å²) in [5.41, 5.74) is 9.17. The molecule has 70 valence electrons. The molecule has 0 saturated heterocycles. The predicted octanol–water partition coefficient (Wildman–Crippen LogP) is -0.965. The molecule has 0 bridgehead atoms. The third-order valence-corrected chi connectivity index (χ3v) is 1.73. The summed E-state index contributed by atoms with van der Waals surface area (Å²) in [5.74, 6) is -0.202. The van der Waals surface area contributed by atoms with Gasteiger partial charge in [-0.05, 0) is 0 Å². The smallest absolute Gasteiger partial charge is 0.350 e. The molecule has 2 heterocycles. The molecular formula is C5H6N4O4. The van der Waals surface area contributed by atoms with Crippen molar-refractivity contribution in [1.29, 1.82) is 0 Å². The van der Waals surface area contributed by atoms with E-state index in [2.05, 4.69) is 4.52 Å². The van der Waals surface area contributed by atoms with Crippen LogP contribution in [0, 0.1) is 0 Å². The van der Waals surface area contributed by atoms with Gasteiger partial charge in [-0.25, -0.2) is 0 Å². The zero-order valence-corrected chi connectivity index (χ0v) is 6.26. The van der Waals surface area contributed by atoms with E-state index in [-0.39, 0.29) is 27.5 Å². The molecule has 0 fully saturated rings. The van der Waals surface area contributed by atoms with Crippen LogP contribution >= 0.6 is 0 Å². The molecule has 2 aromatic heterocycles. The van der Waals surface area contributed by atoms with Gasteiger partial charge in [0.25, 0.3) is 0 Å². The molecule has 8 heteroatoms. The van der Waals surface area contributed by atoms with E-state index in [1.54, 1.807) is 0 Å². The molecule has 2 aromatic rings. The van der Waals surface area contributed by atoms with Gasteiger partial charge in [-0.1, -0.05) is 0 Å². The van der Waals surface area contributed by atoms with Gasteiger partial charge in [0.2, 0.25) is 11.1 Å². The lowest BCUT2D eigenvalue weighted by atomic mass is 10.4. The van der Waals surface area contributed by atoms with Crippen molar-refractivity contribution in [2.45, 2.75) is 0 Å². The van der Waals surface area contributed by atoms with Crippen molar-refractivity contribution < 1.29 is 14.9 Å². The van der Waals surface area contributed by atoms with Crippen molar-refractivity contribution in [3.8, 4) is 0 Å². The third kappa shape index (κ3) is 0.662. The SMILES string of the molecule is Nc1c(N)n(O)c2c(=O)n(O)oc12. The minimum atomic E-state index is -0.930. The average molecular weight is 186 g/mol. The van der Waals surface area contributed by atoms with Crippen LogP contribution in [0.25, 0.3) is 11.1 Å². The molecule has 6 N–H and O–H groups in total. The first-order chi connectivity index (χ1) is 6.04. The van der Waals surface area contributed by atoms with E-state index in [0.29, 0.717) is 4.73 Å². The first-order valence-electron chi connectivity index (χ1n) is 3.24. The van der Waals surface area contributed by atoms with Gasteiger partial charge in [0.1, 0.15) is 5.69 Å². The molecular weight excluding hydrogens is 180 g/mol. The summed E-state index contributed by atoms with van der Waals surface area (Å²) in [4.78, 5) is 11.0. The van der Waals surface area contributed by atoms with Crippen molar-refractivity contribution in [1.82, 2.24) is 9.63 Å². The number of aromatic nitrogens is 2. The summed E-state index contributed by atoms with van der Waals surface area (Å²) < 4.78 is 4.87. The summed E-state index contributed by atoms with van der Waals surface area (Å²) in [6.45, 7) is 0. The first kappa shape index (κ1) is 7.40. The van der Waals surface area contributed by atoms with Gasteiger partial charge < -0.3 is 26.4 Å². The second-order valence-corrected chi connectivity index (χ2v) is 2.46. The molecule has 0 unspecified atom stereocenters. The molecule has 0 aromatic carbocycles. The number of hydrogen-bond donors (Lipinski definition) is 4. The fourth-order valence-electron chi connectivity index (χ4n) is 1.07. The molecule has 0 aliphatic heterocycles. The summed E-state index contributed by atoms with van der Waals surface area (Å²) >= 11 is 0. The number of rotatable bonds is 0. The van der Waals surface area contributed by atoms with Gasteiger partial charge in [-0.3, -0.25) is 4.79 Å². The van der Waals surface area contributed by atoms with Crippen LogP contribution in [0.1, 0.15) is 0 Å². The van der Waals surface area contributed by atoms with Gasteiger partial charge in [0, 0.05) is 4.90 Å². The monoisotopic (exact) mass is 186 g/mol. The number of nitrogen functional groups attached to an aromatic ring is 2. The van der Waals surface area contributed by atoms with Crippen molar-refractivity contribution in [2.75, 3.05) is 11.5 Å². The fourth-order valence-corrected chi connectivity index (χ4v) is 1.07. The lowest BCUT2D eigenvalue weighted by Gasteiger charge is -1.93. The van der Waals surface area contributed by atoms with Crippen LogP contribution in [0.5, 0.6) is 0 Å². The zero-order chi connectivity index (χ0) is 9.75. The van der Waals surface area contributed by atoms with E-state index in [1.807, 2.05) is 0 Å². The van der Waals surface area contributed by atoms with Crippen LogP contribution in [-0.2, 0) is 0 Å². The topological polar surface area (TPSA) is 133 Å². The van der Waals surface area contributed by atoms with Crippen LogP contribution in [0.15, 0.2) is 9.32 Å². The molecule has 0 radical (unpaired) electrons. The van der Waals surface area contributed by atoms with E-state index in [9.17, 15) is 10.0 Å². The molecule has 0 spiro atoms. The Bertz CT molecular complexity index is 533. The van der Waals surface area contributed by atoms with E-state index in [4.69, 9.17) is 16.7 Å². The van der Waals surface area contributed by atoms with E-state index in [0.717, 1.165) is 0 Å². The molecule has 0 saturated carbocycles.